The molecule has 5 atom stereocenters. The van der Waals surface area contributed by atoms with E-state index in [0.29, 0.717) is 44.9 Å². The Morgan fingerprint density at radius 3 is 0.727 bits per heavy atom. The Hall–Kier alpha value is -6.62. The summed E-state index contributed by atoms with van der Waals surface area (Å²) in [5, 5.41) is 10.7. The van der Waals surface area contributed by atoms with Gasteiger partial charge in [-0.15, -0.1) is 0 Å². The third kappa shape index (κ3) is 79.5. The van der Waals surface area contributed by atoms with Gasteiger partial charge in [-0.1, -0.05) is 323 Å². The largest absolute Gasteiger partial charge is 0.472 e. The fourth-order valence-electron chi connectivity index (χ4n) is 9.89. The molecular weight excluding hydrogens is 1430 g/mol. The number of ether oxygens (including phenoxy) is 4. The van der Waals surface area contributed by atoms with Crippen LogP contribution >= 0.6 is 15.6 Å². The first-order chi connectivity index (χ1) is 53.7. The van der Waals surface area contributed by atoms with Gasteiger partial charge in [-0.05, 0) is 141 Å². The molecule has 0 aliphatic rings. The van der Waals surface area contributed by atoms with Gasteiger partial charge in [0.15, 0.2) is 12.2 Å². The van der Waals surface area contributed by atoms with Crippen LogP contribution in [0.5, 0.6) is 0 Å². The van der Waals surface area contributed by atoms with E-state index in [1.54, 1.807) is 0 Å². The summed E-state index contributed by atoms with van der Waals surface area (Å²) < 4.78 is 68.4. The van der Waals surface area contributed by atoms with Crippen LogP contribution in [0.3, 0.4) is 0 Å². The van der Waals surface area contributed by atoms with Gasteiger partial charge in [0.25, 0.3) is 0 Å². The highest BCUT2D eigenvalue weighted by Gasteiger charge is 2.30. The first-order valence-electron chi connectivity index (χ1n) is 41.0. The fraction of sp³-hybridized carbons (Fsp3) is 0.560. The van der Waals surface area contributed by atoms with E-state index in [9.17, 15) is 43.2 Å². The third-order valence-corrected chi connectivity index (χ3v) is 17.9. The van der Waals surface area contributed by atoms with Gasteiger partial charge in [-0.3, -0.25) is 37.3 Å². The zero-order valence-electron chi connectivity index (χ0n) is 67.6. The van der Waals surface area contributed by atoms with E-state index in [-0.39, 0.29) is 25.7 Å². The lowest BCUT2D eigenvalue weighted by molar-refractivity contribution is -0.161. The van der Waals surface area contributed by atoms with Crippen molar-refractivity contribution in [2.45, 2.75) is 290 Å². The molecule has 0 spiro atoms. The molecule has 0 aromatic rings. The molecule has 0 bridgehead atoms. The molecule has 618 valence electrons. The number of hydrogen-bond donors (Lipinski definition) is 3. The number of aliphatic hydroxyl groups is 1. The third-order valence-electron chi connectivity index (χ3n) is 16.0. The number of phosphoric acid groups is 2. The number of aliphatic hydroxyl groups excluding tert-OH is 1. The van der Waals surface area contributed by atoms with Crippen LogP contribution in [0.15, 0.2) is 219 Å². The first kappa shape index (κ1) is 103. The van der Waals surface area contributed by atoms with Crippen LogP contribution in [-0.4, -0.2) is 96.7 Å². The second-order valence-electron chi connectivity index (χ2n) is 26.2. The Kier molecular flexibility index (Phi) is 75.6. The molecule has 0 aromatic heterocycles. The van der Waals surface area contributed by atoms with Crippen molar-refractivity contribution in [3.63, 3.8) is 0 Å². The molecule has 110 heavy (non-hydrogen) atoms. The van der Waals surface area contributed by atoms with Gasteiger partial charge in [-0.25, -0.2) is 9.13 Å². The Labute approximate surface area is 664 Å². The maximum atomic E-state index is 13.1. The number of rotatable bonds is 74. The van der Waals surface area contributed by atoms with Gasteiger partial charge in [0, 0.05) is 25.7 Å². The number of hydrogen-bond acceptors (Lipinski definition) is 15. The van der Waals surface area contributed by atoms with Gasteiger partial charge in [0.1, 0.15) is 19.3 Å². The van der Waals surface area contributed by atoms with Crippen molar-refractivity contribution in [1.82, 2.24) is 0 Å². The molecule has 0 saturated carbocycles. The summed E-state index contributed by atoms with van der Waals surface area (Å²) in [6, 6.07) is 0. The van der Waals surface area contributed by atoms with Gasteiger partial charge in [0.05, 0.1) is 26.4 Å². The van der Waals surface area contributed by atoms with E-state index in [2.05, 4.69) is 192 Å². The van der Waals surface area contributed by atoms with Gasteiger partial charge in [0.2, 0.25) is 0 Å². The molecule has 0 saturated heterocycles. The first-order valence-corrected chi connectivity index (χ1v) is 44.0. The Balaban J connectivity index is 5.58. The molecule has 0 aromatic carbocycles. The molecule has 0 radical (unpaired) electrons. The molecule has 3 N–H and O–H groups in total. The van der Waals surface area contributed by atoms with Crippen LogP contribution < -0.4 is 0 Å². The minimum absolute atomic E-state index is 0.00953. The van der Waals surface area contributed by atoms with Crippen molar-refractivity contribution < 1.29 is 80.2 Å². The highest BCUT2D eigenvalue weighted by Crippen LogP contribution is 2.45. The summed E-state index contributed by atoms with van der Waals surface area (Å²) in [5.41, 5.74) is 0. The minimum Gasteiger partial charge on any atom is -0.462 e. The van der Waals surface area contributed by atoms with E-state index >= 15 is 0 Å². The van der Waals surface area contributed by atoms with Crippen molar-refractivity contribution in [2.24, 2.45) is 0 Å². The fourth-order valence-corrected chi connectivity index (χ4v) is 11.5. The molecule has 0 rings (SSSR count). The monoisotopic (exact) mass is 1570 g/mol. The van der Waals surface area contributed by atoms with Crippen LogP contribution in [0.1, 0.15) is 272 Å². The molecule has 0 aliphatic heterocycles. The van der Waals surface area contributed by atoms with E-state index < -0.39 is 97.5 Å². The predicted molar refractivity (Wildman–Crippen MR) is 454 cm³/mol. The molecule has 0 aliphatic carbocycles. The average Bonchev–Trinajstić information content (AvgIpc) is 0.900. The molecular formula is C91H142O17P2. The lowest BCUT2D eigenvalue weighted by Gasteiger charge is -2.21. The number of carbonyl (C=O) groups is 4. The van der Waals surface area contributed by atoms with Crippen LogP contribution in [0.25, 0.3) is 0 Å². The van der Waals surface area contributed by atoms with E-state index in [1.165, 1.54) is 51.4 Å². The van der Waals surface area contributed by atoms with Crippen molar-refractivity contribution in [3.05, 3.63) is 219 Å². The quantitative estimate of drug-likeness (QED) is 0.0169. The Bertz CT molecular complexity index is 2950. The Morgan fingerprint density at radius 2 is 0.473 bits per heavy atom. The smallest absolute Gasteiger partial charge is 0.462 e. The second-order valence-corrected chi connectivity index (χ2v) is 29.1. The zero-order chi connectivity index (χ0) is 80.3. The summed E-state index contributed by atoms with van der Waals surface area (Å²) in [6.07, 6.45) is 102. The number of allylic oxidation sites excluding steroid dienone is 36. The summed E-state index contributed by atoms with van der Waals surface area (Å²) in [4.78, 5) is 73.0. The SMILES string of the molecule is CC/C=C\C/C=C\C/C=C\C/C=C\C/C=C\C/C=C\CCC(=O)OC[C@H](COP(=O)(O)OC[C@@H](O)COP(=O)(O)OC[C@@H](COC(=O)CC/C=C\C/C=C\C/C=C\C/C=C\C/C=C\C/C=C\CC)OC(=O)CCCCCCCCCCCCCCC)OC(=O)CC/C=C\C/C=C\C/C=C\C/C=C\C/C=C\C/C=C\CC. The van der Waals surface area contributed by atoms with Crippen molar-refractivity contribution >= 4 is 39.5 Å². The summed E-state index contributed by atoms with van der Waals surface area (Å²) in [6.45, 7) is 4.24. The van der Waals surface area contributed by atoms with Crippen molar-refractivity contribution in [1.29, 1.82) is 0 Å². The topological polar surface area (TPSA) is 237 Å². The number of esters is 4. The van der Waals surface area contributed by atoms with E-state index in [4.69, 9.17) is 37.0 Å². The lowest BCUT2D eigenvalue weighted by atomic mass is 10.0. The average molecular weight is 1570 g/mol. The maximum Gasteiger partial charge on any atom is 0.472 e. The van der Waals surface area contributed by atoms with Gasteiger partial charge in [-0.2, -0.15) is 0 Å². The highest BCUT2D eigenvalue weighted by atomic mass is 31.2. The van der Waals surface area contributed by atoms with Gasteiger partial charge < -0.3 is 33.8 Å². The molecule has 0 fully saturated rings. The normalized spacial score (nSPS) is 14.9. The second kappa shape index (κ2) is 80.4. The van der Waals surface area contributed by atoms with Crippen molar-refractivity contribution in [2.75, 3.05) is 39.6 Å². The maximum absolute atomic E-state index is 13.1. The molecule has 19 heteroatoms. The molecule has 2 unspecified atom stereocenters. The van der Waals surface area contributed by atoms with E-state index in [0.717, 1.165) is 122 Å². The standard InChI is InChI=1S/C91H142O17P2/c1-5-9-13-17-21-25-29-33-36-39-42-45-48-52-55-59-63-67-71-75-88(93)101-81-86(107-90(95)77-73-69-65-61-57-51-32-28-24-20-16-12-8-4)83-105-109(97,98)103-79-85(92)80-104-110(99,100)106-84-87(108-91(96)78-74-70-66-62-58-54-50-47-44-41-38-35-31-27-23-19-15-11-7-3)82-102-89(94)76-72-68-64-60-56-53-49-46-43-40-37-34-30-26-22-18-14-10-6-2/h9-11,13-15,21-23,25-27,33-38,42-47,52-56,58,63-64,66-68,70,85-87,92H,5-8,12,16-20,24,28-32,39-41,48-51,57,59-62,65,69,71-84H2,1-4H3,(H,97,98)(H,99,100)/b13-9-,14-10-,15-11-,25-21-,26-22-,27-23-,36-33-,37-34-,38-35-,45-42-,46-43-,47-44-,55-52-,56-53-,58-54-,67-63-,68-64-,70-66-/t85-,86+,87+/m0/s1. The van der Waals surface area contributed by atoms with Crippen LogP contribution in [0, 0.1) is 0 Å². The molecule has 0 heterocycles. The zero-order valence-corrected chi connectivity index (χ0v) is 69.4. The van der Waals surface area contributed by atoms with Crippen LogP contribution in [-0.2, 0) is 65.4 Å². The van der Waals surface area contributed by atoms with Crippen LogP contribution in [0.2, 0.25) is 0 Å². The Morgan fingerprint density at radius 1 is 0.264 bits per heavy atom. The van der Waals surface area contributed by atoms with E-state index in [1.807, 2.05) is 54.7 Å². The summed E-state index contributed by atoms with van der Waals surface area (Å²) in [5.74, 6) is -2.49. The number of carbonyl (C=O) groups excluding carboxylic acids is 4. The summed E-state index contributed by atoms with van der Waals surface area (Å²) >= 11 is 0. The lowest BCUT2D eigenvalue weighted by Crippen LogP contribution is -2.30. The van der Waals surface area contributed by atoms with Crippen molar-refractivity contribution in [3.8, 4) is 0 Å². The molecule has 0 amide bonds. The van der Waals surface area contributed by atoms with Crippen LogP contribution in [0.4, 0.5) is 0 Å². The summed E-state index contributed by atoms with van der Waals surface area (Å²) in [7, 11) is -10.0. The number of phosphoric ester groups is 2. The minimum atomic E-state index is -5.03. The number of unbranched alkanes of at least 4 members (excludes halogenated alkanes) is 12. The predicted octanol–water partition coefficient (Wildman–Crippen LogP) is 24.4. The van der Waals surface area contributed by atoms with Gasteiger partial charge >= 0.3 is 39.5 Å². The molecule has 17 nitrogen and oxygen atoms in total. The highest BCUT2D eigenvalue weighted by molar-refractivity contribution is 7.47.